The monoisotopic (exact) mass is 228 g/mol. The molecular formula is C10H17ClN4. The third kappa shape index (κ3) is 3.04. The second kappa shape index (κ2) is 5.88. The smallest absolute Gasteiger partial charge is 0.225 e. The summed E-state index contributed by atoms with van der Waals surface area (Å²) >= 11 is 0. The van der Waals surface area contributed by atoms with Gasteiger partial charge in [-0.1, -0.05) is 0 Å². The molecule has 0 amide bonds. The van der Waals surface area contributed by atoms with Crippen LogP contribution >= 0.6 is 12.4 Å². The van der Waals surface area contributed by atoms with E-state index in [0.717, 1.165) is 19.0 Å². The van der Waals surface area contributed by atoms with Crippen molar-refractivity contribution in [3.63, 3.8) is 0 Å². The summed E-state index contributed by atoms with van der Waals surface area (Å²) in [5.74, 6) is 0.863. The van der Waals surface area contributed by atoms with Crippen LogP contribution in [0, 0.1) is 0 Å². The first-order valence-electron chi connectivity index (χ1n) is 5.09. The van der Waals surface area contributed by atoms with Gasteiger partial charge < -0.3 is 10.2 Å². The summed E-state index contributed by atoms with van der Waals surface area (Å²) in [4.78, 5) is 10.7. The van der Waals surface area contributed by atoms with Crippen molar-refractivity contribution in [2.24, 2.45) is 0 Å². The van der Waals surface area contributed by atoms with Crippen molar-refractivity contribution in [3.05, 3.63) is 18.5 Å². The fourth-order valence-corrected chi connectivity index (χ4v) is 1.82. The van der Waals surface area contributed by atoms with E-state index >= 15 is 0 Å². The Kier molecular flexibility index (Phi) is 4.78. The molecule has 1 N–H and O–H groups in total. The third-order valence-corrected chi connectivity index (χ3v) is 2.74. The highest BCUT2D eigenvalue weighted by Crippen LogP contribution is 2.14. The van der Waals surface area contributed by atoms with E-state index in [-0.39, 0.29) is 12.4 Å². The second-order valence-corrected chi connectivity index (χ2v) is 3.60. The topological polar surface area (TPSA) is 41.0 Å². The summed E-state index contributed by atoms with van der Waals surface area (Å²) in [6.45, 7) is 2.10. The maximum absolute atomic E-state index is 4.25. The van der Waals surface area contributed by atoms with Gasteiger partial charge in [0, 0.05) is 31.5 Å². The van der Waals surface area contributed by atoms with Gasteiger partial charge in [-0.2, -0.15) is 0 Å². The molecule has 1 aliphatic rings. The van der Waals surface area contributed by atoms with Crippen LogP contribution in [-0.2, 0) is 0 Å². The molecule has 2 heterocycles. The second-order valence-electron chi connectivity index (χ2n) is 3.60. The number of piperidine rings is 1. The Morgan fingerprint density at radius 3 is 2.40 bits per heavy atom. The van der Waals surface area contributed by atoms with Crippen LogP contribution in [0.3, 0.4) is 0 Å². The highest BCUT2D eigenvalue weighted by Gasteiger charge is 2.18. The lowest BCUT2D eigenvalue weighted by Crippen LogP contribution is -2.41. The molecule has 0 aromatic carbocycles. The first-order chi connectivity index (χ1) is 6.90. The van der Waals surface area contributed by atoms with Gasteiger partial charge in [-0.05, 0) is 26.0 Å². The SMILES string of the molecule is CNC1CCN(c2ncccn2)CC1.Cl. The van der Waals surface area contributed by atoms with Crippen LogP contribution in [0.25, 0.3) is 0 Å². The lowest BCUT2D eigenvalue weighted by molar-refractivity contribution is 0.439. The number of rotatable bonds is 2. The lowest BCUT2D eigenvalue weighted by Gasteiger charge is -2.31. The number of hydrogen-bond donors (Lipinski definition) is 1. The molecule has 2 rings (SSSR count). The summed E-state index contributed by atoms with van der Waals surface area (Å²) in [5, 5.41) is 3.31. The molecule has 0 saturated carbocycles. The first-order valence-corrected chi connectivity index (χ1v) is 5.09. The van der Waals surface area contributed by atoms with E-state index < -0.39 is 0 Å². The molecule has 0 bridgehead atoms. The standard InChI is InChI=1S/C10H16N4.ClH/c1-11-9-3-7-14(8-4-9)10-12-5-2-6-13-10;/h2,5-6,9,11H,3-4,7-8H2,1H3;1H. The number of anilines is 1. The van der Waals surface area contributed by atoms with Crippen molar-refractivity contribution in [1.29, 1.82) is 0 Å². The summed E-state index contributed by atoms with van der Waals surface area (Å²) in [6, 6.07) is 2.51. The molecule has 1 fully saturated rings. The molecule has 0 unspecified atom stereocenters. The zero-order chi connectivity index (χ0) is 9.80. The maximum Gasteiger partial charge on any atom is 0.225 e. The number of nitrogens with zero attached hydrogens (tertiary/aromatic N) is 3. The van der Waals surface area contributed by atoms with E-state index in [1.807, 2.05) is 13.1 Å². The molecule has 84 valence electrons. The zero-order valence-corrected chi connectivity index (χ0v) is 9.70. The van der Waals surface area contributed by atoms with Crippen LogP contribution in [0.2, 0.25) is 0 Å². The molecule has 1 aromatic rings. The van der Waals surface area contributed by atoms with Gasteiger partial charge in [0.1, 0.15) is 0 Å². The van der Waals surface area contributed by atoms with Gasteiger partial charge in [0.25, 0.3) is 0 Å². The van der Waals surface area contributed by atoms with E-state index in [4.69, 9.17) is 0 Å². The van der Waals surface area contributed by atoms with Gasteiger partial charge in [0.2, 0.25) is 5.95 Å². The average molecular weight is 229 g/mol. The molecule has 0 aliphatic carbocycles. The largest absolute Gasteiger partial charge is 0.341 e. The number of hydrogen-bond acceptors (Lipinski definition) is 4. The third-order valence-electron chi connectivity index (χ3n) is 2.74. The van der Waals surface area contributed by atoms with Crippen LogP contribution in [0.15, 0.2) is 18.5 Å². The van der Waals surface area contributed by atoms with E-state index in [2.05, 4.69) is 20.2 Å². The molecule has 0 radical (unpaired) electrons. The van der Waals surface area contributed by atoms with Crippen molar-refractivity contribution in [2.45, 2.75) is 18.9 Å². The Bertz CT molecular complexity index is 272. The van der Waals surface area contributed by atoms with E-state index in [1.165, 1.54) is 12.8 Å². The van der Waals surface area contributed by atoms with Gasteiger partial charge >= 0.3 is 0 Å². The Hall–Kier alpha value is -0.870. The summed E-state index contributed by atoms with van der Waals surface area (Å²) in [6.07, 6.45) is 5.95. The molecule has 0 spiro atoms. The van der Waals surface area contributed by atoms with Crippen molar-refractivity contribution in [2.75, 3.05) is 25.0 Å². The number of nitrogens with one attached hydrogen (secondary N) is 1. The lowest BCUT2D eigenvalue weighted by atomic mass is 10.1. The fourth-order valence-electron chi connectivity index (χ4n) is 1.82. The Labute approximate surface area is 96.5 Å². The minimum atomic E-state index is 0. The van der Waals surface area contributed by atoms with Crippen molar-refractivity contribution >= 4 is 18.4 Å². The minimum Gasteiger partial charge on any atom is -0.341 e. The van der Waals surface area contributed by atoms with Gasteiger partial charge in [0.15, 0.2) is 0 Å². The van der Waals surface area contributed by atoms with Gasteiger partial charge in [0.05, 0.1) is 0 Å². The number of aromatic nitrogens is 2. The van der Waals surface area contributed by atoms with Crippen molar-refractivity contribution in [3.8, 4) is 0 Å². The first kappa shape index (κ1) is 12.2. The van der Waals surface area contributed by atoms with Crippen LogP contribution in [0.1, 0.15) is 12.8 Å². The van der Waals surface area contributed by atoms with Crippen molar-refractivity contribution in [1.82, 2.24) is 15.3 Å². The van der Waals surface area contributed by atoms with Crippen LogP contribution in [-0.4, -0.2) is 36.1 Å². The van der Waals surface area contributed by atoms with Crippen molar-refractivity contribution < 1.29 is 0 Å². The Morgan fingerprint density at radius 2 is 1.87 bits per heavy atom. The molecule has 4 nitrogen and oxygen atoms in total. The van der Waals surface area contributed by atoms with E-state index in [0.29, 0.717) is 6.04 Å². The molecular weight excluding hydrogens is 212 g/mol. The summed E-state index contributed by atoms with van der Waals surface area (Å²) in [7, 11) is 2.03. The van der Waals surface area contributed by atoms with E-state index in [9.17, 15) is 0 Å². The average Bonchev–Trinajstić information content (AvgIpc) is 2.30. The Balaban J connectivity index is 0.00000112. The normalized spacial score (nSPS) is 17.3. The van der Waals surface area contributed by atoms with Gasteiger partial charge in [-0.25, -0.2) is 9.97 Å². The highest BCUT2D eigenvalue weighted by atomic mass is 35.5. The van der Waals surface area contributed by atoms with E-state index in [1.54, 1.807) is 12.4 Å². The molecule has 5 heteroatoms. The predicted octanol–water partition coefficient (Wildman–Crippen LogP) is 1.09. The van der Waals surface area contributed by atoms with Gasteiger partial charge in [-0.15, -0.1) is 12.4 Å². The predicted molar refractivity (Wildman–Crippen MR) is 63.6 cm³/mol. The van der Waals surface area contributed by atoms with Gasteiger partial charge in [-0.3, -0.25) is 0 Å². The minimum absolute atomic E-state index is 0. The summed E-state index contributed by atoms with van der Waals surface area (Å²) < 4.78 is 0. The molecule has 1 aliphatic heterocycles. The maximum atomic E-state index is 4.25. The Morgan fingerprint density at radius 1 is 1.27 bits per heavy atom. The molecule has 15 heavy (non-hydrogen) atoms. The molecule has 0 atom stereocenters. The van der Waals surface area contributed by atoms with Crippen LogP contribution < -0.4 is 10.2 Å². The molecule has 1 aromatic heterocycles. The summed E-state index contributed by atoms with van der Waals surface area (Å²) in [5.41, 5.74) is 0. The fraction of sp³-hybridized carbons (Fsp3) is 0.600. The van der Waals surface area contributed by atoms with Crippen LogP contribution in [0.4, 0.5) is 5.95 Å². The van der Waals surface area contributed by atoms with Crippen LogP contribution in [0.5, 0.6) is 0 Å². The zero-order valence-electron chi connectivity index (χ0n) is 8.89. The number of halogens is 1. The quantitative estimate of drug-likeness (QED) is 0.823. The highest BCUT2D eigenvalue weighted by molar-refractivity contribution is 5.85. The molecule has 1 saturated heterocycles.